The Morgan fingerprint density at radius 3 is 2.55 bits per heavy atom. The van der Waals surface area contributed by atoms with Crippen LogP contribution in [0.2, 0.25) is 5.02 Å². The Labute approximate surface area is 179 Å². The van der Waals surface area contributed by atoms with Crippen molar-refractivity contribution in [2.24, 2.45) is 0 Å². The van der Waals surface area contributed by atoms with Gasteiger partial charge in [-0.05, 0) is 59.7 Å². The number of nitrogens with zero attached hydrogens (tertiary/aromatic N) is 1. The highest BCUT2D eigenvalue weighted by Crippen LogP contribution is 2.35. The Morgan fingerprint density at radius 1 is 1.10 bits per heavy atom. The number of ether oxygens (including phenoxy) is 2. The molecule has 0 radical (unpaired) electrons. The van der Waals surface area contributed by atoms with Gasteiger partial charge in [0.1, 0.15) is 0 Å². The summed E-state index contributed by atoms with van der Waals surface area (Å²) in [5.74, 6) is 0.946. The lowest BCUT2D eigenvalue weighted by Crippen LogP contribution is -2.27. The van der Waals surface area contributed by atoms with Gasteiger partial charge in [0.05, 0.1) is 25.2 Å². The molecule has 0 aromatic heterocycles. The first-order valence-corrected chi connectivity index (χ1v) is 10.5. The molecule has 1 saturated heterocycles. The number of benzene rings is 2. The van der Waals surface area contributed by atoms with Gasteiger partial charge in [0.2, 0.25) is 0 Å². The number of amides is 2. The number of carbonyl (C=O) groups excluding carboxylic acids is 2. The van der Waals surface area contributed by atoms with Crippen LogP contribution in [0.4, 0.5) is 4.79 Å². The molecule has 3 rings (SSSR count). The van der Waals surface area contributed by atoms with E-state index >= 15 is 0 Å². The first-order chi connectivity index (χ1) is 14.0. The van der Waals surface area contributed by atoms with E-state index in [2.05, 4.69) is 6.92 Å². The zero-order chi connectivity index (χ0) is 20.8. The number of halogens is 1. The van der Waals surface area contributed by atoms with Gasteiger partial charge in [-0.3, -0.25) is 14.5 Å². The van der Waals surface area contributed by atoms with Crippen LogP contribution in [0.15, 0.2) is 47.4 Å². The van der Waals surface area contributed by atoms with Crippen LogP contribution in [0.3, 0.4) is 0 Å². The molecule has 1 aliphatic rings. The first kappa shape index (κ1) is 21.3. The van der Waals surface area contributed by atoms with Gasteiger partial charge in [0.15, 0.2) is 11.5 Å². The average Bonchev–Trinajstić information content (AvgIpc) is 2.98. The predicted octanol–water partition coefficient (Wildman–Crippen LogP) is 5.76. The summed E-state index contributed by atoms with van der Waals surface area (Å²) in [5.41, 5.74) is 1.61. The highest BCUT2D eigenvalue weighted by atomic mass is 35.5. The molecule has 0 atom stereocenters. The lowest BCUT2D eigenvalue weighted by molar-refractivity contribution is -0.123. The SMILES string of the molecule is CCCCOc1ccc(/C=C2\SC(=O)N(Cc3ccc(Cl)cc3)C2=O)cc1OC. The van der Waals surface area contributed by atoms with Gasteiger partial charge in [-0.15, -0.1) is 0 Å². The third-order valence-corrected chi connectivity index (χ3v) is 5.53. The van der Waals surface area contributed by atoms with Crippen molar-refractivity contribution in [1.29, 1.82) is 0 Å². The molecule has 0 bridgehead atoms. The molecular formula is C22H22ClNO4S. The minimum atomic E-state index is -0.308. The van der Waals surface area contributed by atoms with Crippen molar-refractivity contribution in [3.05, 3.63) is 63.5 Å². The molecule has 1 heterocycles. The molecule has 2 amide bonds. The van der Waals surface area contributed by atoms with Crippen LogP contribution < -0.4 is 9.47 Å². The molecule has 1 fully saturated rings. The predicted molar refractivity (Wildman–Crippen MR) is 116 cm³/mol. The fourth-order valence-corrected chi connectivity index (χ4v) is 3.74. The number of rotatable bonds is 8. The number of carbonyl (C=O) groups is 2. The summed E-state index contributed by atoms with van der Waals surface area (Å²) < 4.78 is 11.1. The smallest absolute Gasteiger partial charge is 0.293 e. The van der Waals surface area contributed by atoms with Gasteiger partial charge in [0, 0.05) is 5.02 Å². The average molecular weight is 432 g/mol. The molecule has 1 aliphatic heterocycles. The number of imide groups is 1. The maximum absolute atomic E-state index is 12.7. The fraction of sp³-hybridized carbons (Fsp3) is 0.273. The molecule has 0 aliphatic carbocycles. The van der Waals surface area contributed by atoms with Crippen LogP contribution in [0.1, 0.15) is 30.9 Å². The zero-order valence-electron chi connectivity index (χ0n) is 16.3. The third kappa shape index (κ3) is 5.34. The van der Waals surface area contributed by atoms with Crippen molar-refractivity contribution in [2.45, 2.75) is 26.3 Å². The minimum absolute atomic E-state index is 0.215. The topological polar surface area (TPSA) is 55.8 Å². The molecule has 0 spiro atoms. The van der Waals surface area contributed by atoms with Gasteiger partial charge in [-0.2, -0.15) is 0 Å². The first-order valence-electron chi connectivity index (χ1n) is 9.32. The number of thioether (sulfide) groups is 1. The molecule has 0 unspecified atom stereocenters. The molecule has 2 aromatic rings. The minimum Gasteiger partial charge on any atom is -0.493 e. The summed E-state index contributed by atoms with van der Waals surface area (Å²) in [6, 6.07) is 12.5. The highest BCUT2D eigenvalue weighted by molar-refractivity contribution is 8.18. The van der Waals surface area contributed by atoms with Gasteiger partial charge in [-0.1, -0.05) is 43.1 Å². The van der Waals surface area contributed by atoms with E-state index in [4.69, 9.17) is 21.1 Å². The molecule has 29 heavy (non-hydrogen) atoms. The lowest BCUT2D eigenvalue weighted by Gasteiger charge is -2.12. The lowest BCUT2D eigenvalue weighted by atomic mass is 10.1. The van der Waals surface area contributed by atoms with Crippen LogP contribution >= 0.6 is 23.4 Å². The van der Waals surface area contributed by atoms with E-state index in [1.807, 2.05) is 12.1 Å². The fourth-order valence-electron chi connectivity index (χ4n) is 2.78. The van der Waals surface area contributed by atoms with Crippen molar-refractivity contribution >= 4 is 40.6 Å². The number of unbranched alkanes of at least 4 members (excludes halogenated alkanes) is 1. The monoisotopic (exact) mass is 431 g/mol. The van der Waals surface area contributed by atoms with Crippen LogP contribution in [0, 0.1) is 0 Å². The molecule has 2 aromatic carbocycles. The van der Waals surface area contributed by atoms with Crippen LogP contribution in [-0.4, -0.2) is 29.8 Å². The van der Waals surface area contributed by atoms with Gasteiger partial charge in [0.25, 0.3) is 11.1 Å². The van der Waals surface area contributed by atoms with E-state index in [1.165, 1.54) is 4.90 Å². The third-order valence-electron chi connectivity index (χ3n) is 4.37. The molecule has 152 valence electrons. The van der Waals surface area contributed by atoms with E-state index in [0.29, 0.717) is 28.0 Å². The van der Waals surface area contributed by atoms with Crippen molar-refractivity contribution in [3.63, 3.8) is 0 Å². The maximum Gasteiger partial charge on any atom is 0.293 e. The molecular weight excluding hydrogens is 410 g/mol. The van der Waals surface area contributed by atoms with E-state index < -0.39 is 0 Å². The van der Waals surface area contributed by atoms with Gasteiger partial charge < -0.3 is 9.47 Å². The summed E-state index contributed by atoms with van der Waals surface area (Å²) in [6.45, 7) is 2.94. The molecule has 0 N–H and O–H groups in total. The summed E-state index contributed by atoms with van der Waals surface area (Å²) in [6.07, 6.45) is 3.71. The van der Waals surface area contributed by atoms with E-state index in [0.717, 1.165) is 35.7 Å². The second-order valence-corrected chi connectivity index (χ2v) is 7.94. The van der Waals surface area contributed by atoms with Crippen LogP contribution in [0.5, 0.6) is 11.5 Å². The van der Waals surface area contributed by atoms with Crippen molar-refractivity contribution in [1.82, 2.24) is 4.90 Å². The van der Waals surface area contributed by atoms with Crippen LogP contribution in [-0.2, 0) is 11.3 Å². The Hall–Kier alpha value is -2.44. The van der Waals surface area contributed by atoms with Crippen molar-refractivity contribution < 1.29 is 19.1 Å². The Morgan fingerprint density at radius 2 is 1.86 bits per heavy atom. The quantitative estimate of drug-likeness (QED) is 0.392. The van der Waals surface area contributed by atoms with Crippen molar-refractivity contribution in [2.75, 3.05) is 13.7 Å². The largest absolute Gasteiger partial charge is 0.493 e. The Bertz CT molecular complexity index is 927. The highest BCUT2D eigenvalue weighted by Gasteiger charge is 2.35. The van der Waals surface area contributed by atoms with Gasteiger partial charge in [-0.25, -0.2) is 0 Å². The Kier molecular flexibility index (Phi) is 7.23. The molecule has 5 nitrogen and oxygen atoms in total. The van der Waals surface area contributed by atoms with E-state index in [1.54, 1.807) is 43.5 Å². The van der Waals surface area contributed by atoms with E-state index in [-0.39, 0.29) is 17.7 Å². The number of hydrogen-bond donors (Lipinski definition) is 0. The normalized spacial score (nSPS) is 15.3. The number of hydrogen-bond acceptors (Lipinski definition) is 5. The maximum atomic E-state index is 12.7. The standard InChI is InChI=1S/C22H22ClNO4S/c1-3-4-11-28-18-10-7-16(12-19(18)27-2)13-20-21(25)24(22(26)29-20)14-15-5-8-17(23)9-6-15/h5-10,12-13H,3-4,11,14H2,1-2H3/b20-13-. The molecule has 0 saturated carbocycles. The summed E-state index contributed by atoms with van der Waals surface area (Å²) in [4.78, 5) is 26.7. The summed E-state index contributed by atoms with van der Waals surface area (Å²) in [7, 11) is 1.58. The number of methoxy groups -OCH3 is 1. The second-order valence-electron chi connectivity index (χ2n) is 6.51. The van der Waals surface area contributed by atoms with Crippen LogP contribution in [0.25, 0.3) is 6.08 Å². The Balaban J connectivity index is 1.75. The molecule has 7 heteroatoms. The van der Waals surface area contributed by atoms with Crippen molar-refractivity contribution in [3.8, 4) is 11.5 Å². The second kappa shape index (κ2) is 9.85. The summed E-state index contributed by atoms with van der Waals surface area (Å²) in [5, 5.41) is 0.321. The van der Waals surface area contributed by atoms with Gasteiger partial charge >= 0.3 is 0 Å². The zero-order valence-corrected chi connectivity index (χ0v) is 17.9. The summed E-state index contributed by atoms with van der Waals surface area (Å²) >= 11 is 6.82. The van der Waals surface area contributed by atoms with E-state index in [9.17, 15) is 9.59 Å².